The van der Waals surface area contributed by atoms with Crippen LogP contribution in [0.25, 0.3) is 0 Å². The van der Waals surface area contributed by atoms with Crippen molar-refractivity contribution in [3.8, 4) is 0 Å². The number of carbonyl (C=O) groups is 2. The highest BCUT2D eigenvalue weighted by Crippen LogP contribution is 2.33. The second-order valence-corrected chi connectivity index (χ2v) is 7.08. The van der Waals surface area contributed by atoms with Crippen LogP contribution in [0.1, 0.15) is 44.9 Å². The molecule has 2 amide bonds. The maximum atomic E-state index is 12.3. The van der Waals surface area contributed by atoms with E-state index in [2.05, 4.69) is 10.2 Å². The standard InChI is InChI=1S/C17H29N3O3/c21-15(13-19-8-4-5-16(19)22)18-14-17(6-2-1-3-7-17)20-9-11-23-12-10-20/h1-14H2,(H,18,21). The summed E-state index contributed by atoms with van der Waals surface area (Å²) in [4.78, 5) is 28.1. The number of nitrogens with one attached hydrogen (secondary N) is 1. The number of amides is 2. The van der Waals surface area contributed by atoms with Gasteiger partial charge < -0.3 is 15.0 Å². The maximum absolute atomic E-state index is 12.3. The first kappa shape index (κ1) is 16.7. The Morgan fingerprint density at radius 3 is 2.48 bits per heavy atom. The summed E-state index contributed by atoms with van der Waals surface area (Å²) in [6, 6.07) is 0. The van der Waals surface area contributed by atoms with Gasteiger partial charge in [-0.1, -0.05) is 19.3 Å². The second kappa shape index (κ2) is 7.62. The number of ether oxygens (including phenoxy) is 1. The predicted octanol–water partition coefficient (Wildman–Crippen LogP) is 0.760. The van der Waals surface area contributed by atoms with E-state index in [1.807, 2.05) is 0 Å². The summed E-state index contributed by atoms with van der Waals surface area (Å²) in [5.41, 5.74) is 0.0900. The fraction of sp³-hybridized carbons (Fsp3) is 0.882. The van der Waals surface area contributed by atoms with Gasteiger partial charge >= 0.3 is 0 Å². The lowest BCUT2D eigenvalue weighted by atomic mass is 9.79. The fourth-order valence-corrected chi connectivity index (χ4v) is 4.22. The minimum Gasteiger partial charge on any atom is -0.379 e. The van der Waals surface area contributed by atoms with Crippen molar-refractivity contribution in [3.63, 3.8) is 0 Å². The molecule has 6 heteroatoms. The van der Waals surface area contributed by atoms with E-state index >= 15 is 0 Å². The minimum atomic E-state index is -0.0153. The van der Waals surface area contributed by atoms with Crippen LogP contribution in [0.2, 0.25) is 0 Å². The molecule has 0 unspecified atom stereocenters. The molecule has 1 saturated carbocycles. The monoisotopic (exact) mass is 323 g/mol. The molecule has 0 bridgehead atoms. The maximum Gasteiger partial charge on any atom is 0.239 e. The number of hydrogen-bond donors (Lipinski definition) is 1. The minimum absolute atomic E-state index is 0.0153. The first-order chi connectivity index (χ1) is 11.2. The fourth-order valence-electron chi connectivity index (χ4n) is 4.22. The molecule has 3 fully saturated rings. The molecule has 2 aliphatic heterocycles. The van der Waals surface area contributed by atoms with E-state index in [9.17, 15) is 9.59 Å². The lowest BCUT2D eigenvalue weighted by Crippen LogP contribution is -2.60. The average Bonchev–Trinajstić information content (AvgIpc) is 2.99. The van der Waals surface area contributed by atoms with Gasteiger partial charge in [0.25, 0.3) is 0 Å². The van der Waals surface area contributed by atoms with Crippen LogP contribution in [0.4, 0.5) is 0 Å². The van der Waals surface area contributed by atoms with Crippen LogP contribution >= 0.6 is 0 Å². The van der Waals surface area contributed by atoms with Crippen molar-refractivity contribution < 1.29 is 14.3 Å². The molecule has 1 aliphatic carbocycles. The van der Waals surface area contributed by atoms with Crippen LogP contribution in [-0.4, -0.2) is 73.1 Å². The second-order valence-electron chi connectivity index (χ2n) is 7.08. The summed E-state index contributed by atoms with van der Waals surface area (Å²) in [5.74, 6) is 0.0965. The van der Waals surface area contributed by atoms with E-state index in [1.54, 1.807) is 4.90 Å². The molecule has 3 rings (SSSR count). The third-order valence-corrected chi connectivity index (χ3v) is 5.59. The van der Waals surface area contributed by atoms with Gasteiger partial charge in [0.15, 0.2) is 0 Å². The van der Waals surface area contributed by atoms with Crippen molar-refractivity contribution in [2.45, 2.75) is 50.5 Å². The van der Waals surface area contributed by atoms with Crippen LogP contribution in [0.3, 0.4) is 0 Å². The molecule has 3 aliphatic rings. The zero-order chi connectivity index (χ0) is 16.1. The average molecular weight is 323 g/mol. The molecule has 0 aromatic heterocycles. The Balaban J connectivity index is 1.55. The summed E-state index contributed by atoms with van der Waals surface area (Å²) in [6.45, 7) is 5.14. The van der Waals surface area contributed by atoms with Crippen molar-refractivity contribution in [1.82, 2.24) is 15.1 Å². The Morgan fingerprint density at radius 1 is 1.09 bits per heavy atom. The van der Waals surface area contributed by atoms with Gasteiger partial charge in [0.05, 0.1) is 19.8 Å². The van der Waals surface area contributed by atoms with Crippen molar-refractivity contribution >= 4 is 11.8 Å². The van der Waals surface area contributed by atoms with Gasteiger partial charge in [-0.15, -0.1) is 0 Å². The molecule has 0 aromatic carbocycles. The Kier molecular flexibility index (Phi) is 5.54. The molecular formula is C17H29N3O3. The van der Waals surface area contributed by atoms with E-state index in [0.29, 0.717) is 13.0 Å². The van der Waals surface area contributed by atoms with Gasteiger partial charge in [-0.2, -0.15) is 0 Å². The summed E-state index contributed by atoms with van der Waals surface area (Å²) >= 11 is 0. The Labute approximate surface area is 138 Å². The van der Waals surface area contributed by atoms with Gasteiger partial charge in [0.2, 0.25) is 11.8 Å². The van der Waals surface area contributed by atoms with Gasteiger partial charge in [-0.3, -0.25) is 14.5 Å². The Bertz CT molecular complexity index is 429. The number of rotatable bonds is 5. The highest BCUT2D eigenvalue weighted by atomic mass is 16.5. The van der Waals surface area contributed by atoms with Crippen LogP contribution in [-0.2, 0) is 14.3 Å². The largest absolute Gasteiger partial charge is 0.379 e. The summed E-state index contributed by atoms with van der Waals surface area (Å²) in [7, 11) is 0. The molecular weight excluding hydrogens is 294 g/mol. The highest BCUT2D eigenvalue weighted by Gasteiger charge is 2.39. The topological polar surface area (TPSA) is 61.9 Å². The molecule has 23 heavy (non-hydrogen) atoms. The Hall–Kier alpha value is -1.14. The van der Waals surface area contributed by atoms with Crippen LogP contribution in [0.5, 0.6) is 0 Å². The van der Waals surface area contributed by atoms with Gasteiger partial charge in [0, 0.05) is 38.1 Å². The van der Waals surface area contributed by atoms with Crippen molar-refractivity contribution in [1.29, 1.82) is 0 Å². The summed E-state index contributed by atoms with van der Waals surface area (Å²) in [6.07, 6.45) is 7.53. The van der Waals surface area contributed by atoms with E-state index in [4.69, 9.17) is 4.74 Å². The molecule has 130 valence electrons. The molecule has 2 saturated heterocycles. The zero-order valence-electron chi connectivity index (χ0n) is 14.0. The van der Waals surface area contributed by atoms with E-state index < -0.39 is 0 Å². The number of likely N-dealkylation sites (tertiary alicyclic amines) is 1. The summed E-state index contributed by atoms with van der Waals surface area (Å²) < 4.78 is 5.49. The van der Waals surface area contributed by atoms with E-state index in [-0.39, 0.29) is 23.9 Å². The highest BCUT2D eigenvalue weighted by molar-refractivity contribution is 5.85. The van der Waals surface area contributed by atoms with Gasteiger partial charge in [-0.25, -0.2) is 0 Å². The third kappa shape index (κ3) is 4.04. The third-order valence-electron chi connectivity index (χ3n) is 5.59. The van der Waals surface area contributed by atoms with E-state index in [1.165, 1.54) is 19.3 Å². The smallest absolute Gasteiger partial charge is 0.239 e. The lowest BCUT2D eigenvalue weighted by Gasteiger charge is -2.48. The normalized spacial score (nSPS) is 25.6. The lowest BCUT2D eigenvalue weighted by molar-refractivity contribution is -0.133. The van der Waals surface area contributed by atoms with Crippen molar-refractivity contribution in [2.75, 3.05) is 45.9 Å². The SMILES string of the molecule is O=C(CN1CCCC1=O)NCC1(N2CCOCC2)CCCCC1. The molecule has 6 nitrogen and oxygen atoms in total. The first-order valence-corrected chi connectivity index (χ1v) is 9.07. The van der Waals surface area contributed by atoms with Crippen LogP contribution < -0.4 is 5.32 Å². The summed E-state index contributed by atoms with van der Waals surface area (Å²) in [5, 5.41) is 3.12. The molecule has 1 N–H and O–H groups in total. The van der Waals surface area contributed by atoms with Crippen molar-refractivity contribution in [3.05, 3.63) is 0 Å². The quantitative estimate of drug-likeness (QED) is 0.811. The predicted molar refractivity (Wildman–Crippen MR) is 87.0 cm³/mol. The van der Waals surface area contributed by atoms with Gasteiger partial charge in [-0.05, 0) is 19.3 Å². The van der Waals surface area contributed by atoms with Crippen LogP contribution in [0, 0.1) is 0 Å². The molecule has 0 spiro atoms. The molecule has 2 heterocycles. The first-order valence-electron chi connectivity index (χ1n) is 9.07. The molecule has 0 atom stereocenters. The zero-order valence-corrected chi connectivity index (χ0v) is 14.0. The number of carbonyl (C=O) groups excluding carboxylic acids is 2. The number of nitrogens with zero attached hydrogens (tertiary/aromatic N) is 2. The van der Waals surface area contributed by atoms with Gasteiger partial charge in [0.1, 0.15) is 0 Å². The Morgan fingerprint density at radius 2 is 1.83 bits per heavy atom. The molecule has 0 aromatic rings. The van der Waals surface area contributed by atoms with Crippen LogP contribution in [0.15, 0.2) is 0 Å². The number of morpholine rings is 1. The van der Waals surface area contributed by atoms with E-state index in [0.717, 1.165) is 52.1 Å². The number of hydrogen-bond acceptors (Lipinski definition) is 4. The van der Waals surface area contributed by atoms with Crippen molar-refractivity contribution in [2.24, 2.45) is 0 Å². The molecule has 0 radical (unpaired) electrons.